The molecule has 4 N–H and O–H groups in total. The molecule has 1 aliphatic rings. The van der Waals surface area contributed by atoms with Crippen molar-refractivity contribution in [3.63, 3.8) is 0 Å². The Morgan fingerprint density at radius 1 is 1.24 bits per heavy atom. The predicted octanol–water partition coefficient (Wildman–Crippen LogP) is 2.81. The van der Waals surface area contributed by atoms with Gasteiger partial charge in [0.05, 0.1) is 12.1 Å². The zero-order chi connectivity index (χ0) is 23.5. The molecule has 5 rings (SSSR count). The van der Waals surface area contributed by atoms with Gasteiger partial charge in [-0.2, -0.15) is 5.10 Å². The van der Waals surface area contributed by atoms with Crippen LogP contribution in [-0.2, 0) is 6.54 Å². The summed E-state index contributed by atoms with van der Waals surface area (Å²) in [6.07, 6.45) is 2.68. The molecule has 4 aromatic rings. The summed E-state index contributed by atoms with van der Waals surface area (Å²) in [7, 11) is 0. The van der Waals surface area contributed by atoms with Crippen LogP contribution >= 0.6 is 0 Å². The molecule has 1 amide bonds. The highest BCUT2D eigenvalue weighted by Gasteiger charge is 2.19. The van der Waals surface area contributed by atoms with Crippen LogP contribution in [-0.4, -0.2) is 55.3 Å². The highest BCUT2D eigenvalue weighted by molar-refractivity contribution is 6.11. The Kier molecular flexibility index (Phi) is 6.55. The Labute approximate surface area is 192 Å². The minimum absolute atomic E-state index is 0.388. The molecule has 33 heavy (non-hydrogen) atoms. The molecule has 0 atom stereocenters. The van der Waals surface area contributed by atoms with Gasteiger partial charge in [-0.3, -0.25) is 4.79 Å². The van der Waals surface area contributed by atoms with Crippen LogP contribution in [0, 0.1) is 12.8 Å². The maximum atomic E-state index is 11.9. The van der Waals surface area contributed by atoms with E-state index in [0.29, 0.717) is 53.5 Å². The molecule has 10 nitrogen and oxygen atoms in total. The number of carbonyl (C=O) groups excluding carboxylic acids is 1. The molecule has 4 heterocycles. The molecule has 1 aliphatic heterocycles. The number of aromatic amines is 1. The first kappa shape index (κ1) is 22.7. The number of H-pyrrole nitrogens is 1. The summed E-state index contributed by atoms with van der Waals surface area (Å²) in [6, 6.07) is 3.44. The molecule has 10 heteroatoms. The lowest BCUT2D eigenvalue weighted by Crippen LogP contribution is -2.42. The molecule has 1 saturated heterocycles. The van der Waals surface area contributed by atoms with Crippen molar-refractivity contribution in [2.75, 3.05) is 19.7 Å². The van der Waals surface area contributed by atoms with Crippen LogP contribution in [0.4, 0.5) is 0 Å². The molecule has 0 aliphatic carbocycles. The minimum atomic E-state index is -0.506. The number of fused-ring (bicyclic) bond motifs is 3. The smallest absolute Gasteiger partial charge is 0.248 e. The van der Waals surface area contributed by atoms with Crippen LogP contribution in [0.15, 0.2) is 18.3 Å². The van der Waals surface area contributed by atoms with Gasteiger partial charge in [-0.15, -0.1) is 0 Å². The molecular weight excluding hydrogens is 420 g/mol. The normalized spacial score (nSPS) is 13.6. The standard InChI is InChI=1S/C21H24N8O2.C2H6/c1-3-29-21(25-11(2)28-29)20-24-10-15-14-6-13(18(22)30)7-16(17(14)26-19(15)27-20)31-5-4-12-8-23-9-12;1-2/h6-7,10,12,23H,3-5,8-9H2,1-2H3,(H2,22,30)(H,24,26,27);1-2H3. The second-order valence-electron chi connectivity index (χ2n) is 7.80. The third-order valence-corrected chi connectivity index (χ3v) is 5.64. The highest BCUT2D eigenvalue weighted by Crippen LogP contribution is 2.33. The van der Waals surface area contributed by atoms with Crippen LogP contribution in [0.5, 0.6) is 5.75 Å². The number of carbonyl (C=O) groups is 1. The monoisotopic (exact) mass is 450 g/mol. The summed E-state index contributed by atoms with van der Waals surface area (Å²) in [5.41, 5.74) is 7.36. The summed E-state index contributed by atoms with van der Waals surface area (Å²) < 4.78 is 7.83. The van der Waals surface area contributed by atoms with Crippen molar-refractivity contribution in [1.82, 2.24) is 35.0 Å². The van der Waals surface area contributed by atoms with E-state index in [2.05, 4.69) is 30.4 Å². The van der Waals surface area contributed by atoms with E-state index in [0.717, 1.165) is 35.8 Å². The zero-order valence-electron chi connectivity index (χ0n) is 19.5. The second-order valence-corrected chi connectivity index (χ2v) is 7.80. The van der Waals surface area contributed by atoms with E-state index >= 15 is 0 Å². The minimum Gasteiger partial charge on any atom is -0.491 e. The van der Waals surface area contributed by atoms with Crippen LogP contribution in [0.1, 0.15) is 43.4 Å². The quantitative estimate of drug-likeness (QED) is 0.394. The Morgan fingerprint density at radius 2 is 2.03 bits per heavy atom. The predicted molar refractivity (Wildman–Crippen MR) is 127 cm³/mol. The molecule has 174 valence electrons. The van der Waals surface area contributed by atoms with Crippen molar-refractivity contribution in [2.24, 2.45) is 11.7 Å². The summed E-state index contributed by atoms with van der Waals surface area (Å²) in [5.74, 6) is 2.48. The van der Waals surface area contributed by atoms with E-state index in [1.54, 1.807) is 23.0 Å². The molecule has 0 unspecified atom stereocenters. The number of primary amides is 1. The summed E-state index contributed by atoms with van der Waals surface area (Å²) in [4.78, 5) is 28.9. The average Bonchev–Trinajstić information content (AvgIpc) is 3.36. The first-order valence-corrected chi connectivity index (χ1v) is 11.4. The number of benzene rings is 1. The molecular formula is C23H30N8O2. The van der Waals surface area contributed by atoms with Gasteiger partial charge in [0, 0.05) is 29.1 Å². The molecule has 0 radical (unpaired) electrons. The maximum Gasteiger partial charge on any atom is 0.248 e. The van der Waals surface area contributed by atoms with Gasteiger partial charge in [0.25, 0.3) is 0 Å². The average molecular weight is 451 g/mol. The van der Waals surface area contributed by atoms with Gasteiger partial charge >= 0.3 is 0 Å². The lowest BCUT2D eigenvalue weighted by atomic mass is 10.0. The summed E-state index contributed by atoms with van der Waals surface area (Å²) >= 11 is 0. The Morgan fingerprint density at radius 3 is 2.70 bits per heavy atom. The van der Waals surface area contributed by atoms with Crippen LogP contribution < -0.4 is 15.8 Å². The van der Waals surface area contributed by atoms with Crippen molar-refractivity contribution >= 4 is 27.8 Å². The number of rotatable bonds is 7. The number of hydrogen-bond acceptors (Lipinski definition) is 7. The molecule has 1 fully saturated rings. The van der Waals surface area contributed by atoms with Crippen molar-refractivity contribution in [3.05, 3.63) is 29.7 Å². The first-order valence-electron chi connectivity index (χ1n) is 11.4. The topological polar surface area (TPSA) is 137 Å². The molecule has 0 spiro atoms. The lowest BCUT2D eigenvalue weighted by molar-refractivity contribution is 0.1000. The Hall–Kier alpha value is -3.53. The summed E-state index contributed by atoms with van der Waals surface area (Å²) in [6.45, 7) is 11.1. The van der Waals surface area contributed by atoms with E-state index in [1.807, 2.05) is 27.7 Å². The molecule has 0 bridgehead atoms. The molecule has 3 aromatic heterocycles. The number of nitrogens with two attached hydrogens (primary N) is 1. The fourth-order valence-electron chi connectivity index (χ4n) is 3.84. The van der Waals surface area contributed by atoms with E-state index < -0.39 is 5.91 Å². The third kappa shape index (κ3) is 4.38. The van der Waals surface area contributed by atoms with Crippen LogP contribution in [0.25, 0.3) is 33.6 Å². The number of nitrogens with one attached hydrogen (secondary N) is 2. The van der Waals surface area contributed by atoms with Crippen molar-refractivity contribution in [1.29, 1.82) is 0 Å². The zero-order valence-corrected chi connectivity index (χ0v) is 19.5. The Balaban J connectivity index is 0.00000126. The number of amides is 1. The fraction of sp³-hybridized carbons (Fsp3) is 0.435. The van der Waals surface area contributed by atoms with E-state index in [1.165, 1.54) is 0 Å². The highest BCUT2D eigenvalue weighted by atomic mass is 16.5. The van der Waals surface area contributed by atoms with Crippen LogP contribution in [0.3, 0.4) is 0 Å². The third-order valence-electron chi connectivity index (χ3n) is 5.64. The van der Waals surface area contributed by atoms with Gasteiger partial charge in [0.2, 0.25) is 5.91 Å². The van der Waals surface area contributed by atoms with E-state index in [-0.39, 0.29) is 0 Å². The van der Waals surface area contributed by atoms with E-state index in [4.69, 9.17) is 10.5 Å². The largest absolute Gasteiger partial charge is 0.491 e. The molecule has 1 aromatic carbocycles. The SMILES string of the molecule is CC.CCn1nc(C)nc1-c1ncc2c(n1)[nH]c1c(OCCC3CNC3)cc(C(N)=O)cc12. The van der Waals surface area contributed by atoms with Gasteiger partial charge in [0.15, 0.2) is 11.6 Å². The molecule has 0 saturated carbocycles. The number of hydrogen-bond donors (Lipinski definition) is 3. The number of aryl methyl sites for hydroxylation is 2. The van der Waals surface area contributed by atoms with Gasteiger partial charge in [-0.25, -0.2) is 19.6 Å². The van der Waals surface area contributed by atoms with Crippen molar-refractivity contribution in [2.45, 2.75) is 40.7 Å². The van der Waals surface area contributed by atoms with Gasteiger partial charge < -0.3 is 20.8 Å². The number of ether oxygens (including phenoxy) is 1. The van der Waals surface area contributed by atoms with E-state index in [9.17, 15) is 4.79 Å². The van der Waals surface area contributed by atoms with Gasteiger partial charge in [-0.1, -0.05) is 13.8 Å². The number of nitrogens with zero attached hydrogens (tertiary/aromatic N) is 5. The van der Waals surface area contributed by atoms with Crippen LogP contribution in [0.2, 0.25) is 0 Å². The van der Waals surface area contributed by atoms with Crippen molar-refractivity contribution < 1.29 is 9.53 Å². The second kappa shape index (κ2) is 9.53. The van der Waals surface area contributed by atoms with Crippen molar-refractivity contribution in [3.8, 4) is 17.4 Å². The van der Waals surface area contributed by atoms with Gasteiger partial charge in [-0.05, 0) is 51.4 Å². The number of aromatic nitrogens is 6. The summed E-state index contributed by atoms with van der Waals surface area (Å²) in [5, 5.41) is 9.22. The Bertz CT molecular complexity index is 1290. The lowest BCUT2D eigenvalue weighted by Gasteiger charge is -2.26. The first-order chi connectivity index (χ1) is 16.0. The van der Waals surface area contributed by atoms with Gasteiger partial charge in [0.1, 0.15) is 17.2 Å². The maximum absolute atomic E-state index is 11.9. The fourth-order valence-corrected chi connectivity index (χ4v) is 3.84.